The van der Waals surface area contributed by atoms with Gasteiger partial charge in [0.1, 0.15) is 0 Å². The van der Waals surface area contributed by atoms with Crippen LogP contribution in [0.5, 0.6) is 0 Å². The fourth-order valence-corrected chi connectivity index (χ4v) is 5.49. The van der Waals surface area contributed by atoms with Gasteiger partial charge in [0.2, 0.25) is 0 Å². The number of rotatable bonds is 8. The lowest BCUT2D eigenvalue weighted by molar-refractivity contribution is -0.159. The zero-order chi connectivity index (χ0) is 17.7. The fourth-order valence-electron chi connectivity index (χ4n) is 5.49. The Morgan fingerprint density at radius 1 is 0.875 bits per heavy atom. The van der Waals surface area contributed by atoms with Crippen molar-refractivity contribution in [3.63, 3.8) is 0 Å². The molecule has 2 fully saturated rings. The lowest BCUT2D eigenvalue weighted by Gasteiger charge is -2.49. The van der Waals surface area contributed by atoms with E-state index >= 15 is 0 Å². The molecule has 0 aromatic rings. The van der Waals surface area contributed by atoms with Gasteiger partial charge < -0.3 is 10.2 Å². The summed E-state index contributed by atoms with van der Waals surface area (Å²) < 4.78 is 0. The average molecular weight is 338 g/mol. The highest BCUT2D eigenvalue weighted by atomic mass is 16.4. The monoisotopic (exact) mass is 338 g/mol. The van der Waals surface area contributed by atoms with Gasteiger partial charge in [0.05, 0.1) is 11.8 Å². The van der Waals surface area contributed by atoms with Crippen molar-refractivity contribution < 1.29 is 19.8 Å². The molecule has 0 spiro atoms. The van der Waals surface area contributed by atoms with Crippen LogP contribution in [0.3, 0.4) is 0 Å². The van der Waals surface area contributed by atoms with Gasteiger partial charge in [-0.1, -0.05) is 46.0 Å². The third kappa shape index (κ3) is 4.31. The first-order valence-electron chi connectivity index (χ1n) is 9.95. The third-order valence-electron chi connectivity index (χ3n) is 6.58. The minimum Gasteiger partial charge on any atom is -0.481 e. The van der Waals surface area contributed by atoms with Crippen LogP contribution in [0, 0.1) is 35.5 Å². The SMILES string of the molecule is CCCCC1CC2CCC(C(=O)O)C(CCCC)C2C(C(=O)O)C1. The second kappa shape index (κ2) is 8.87. The summed E-state index contributed by atoms with van der Waals surface area (Å²) >= 11 is 0. The molecule has 4 nitrogen and oxygen atoms in total. The van der Waals surface area contributed by atoms with E-state index in [1.807, 2.05) is 0 Å². The molecule has 2 aliphatic rings. The quantitative estimate of drug-likeness (QED) is 0.665. The predicted molar refractivity (Wildman–Crippen MR) is 93.7 cm³/mol. The number of carboxylic acid groups (broad SMARTS) is 2. The number of carboxylic acids is 2. The molecule has 6 unspecified atom stereocenters. The molecule has 0 radical (unpaired) electrons. The van der Waals surface area contributed by atoms with Crippen LogP contribution in [0.1, 0.15) is 78.1 Å². The highest BCUT2D eigenvalue weighted by Gasteiger charge is 2.50. The van der Waals surface area contributed by atoms with Crippen molar-refractivity contribution in [3.05, 3.63) is 0 Å². The number of aliphatic carboxylic acids is 2. The van der Waals surface area contributed by atoms with E-state index in [-0.39, 0.29) is 23.7 Å². The minimum absolute atomic E-state index is 0.0504. The highest BCUT2D eigenvalue weighted by Crippen LogP contribution is 2.53. The summed E-state index contributed by atoms with van der Waals surface area (Å²) in [6.45, 7) is 4.30. The van der Waals surface area contributed by atoms with Gasteiger partial charge in [-0.3, -0.25) is 9.59 Å². The van der Waals surface area contributed by atoms with Crippen LogP contribution in [-0.2, 0) is 9.59 Å². The van der Waals surface area contributed by atoms with Gasteiger partial charge in [0.25, 0.3) is 0 Å². The Kier molecular flexibility index (Phi) is 7.12. The highest BCUT2D eigenvalue weighted by molar-refractivity contribution is 5.72. The molecular weight excluding hydrogens is 304 g/mol. The number of hydrogen-bond acceptors (Lipinski definition) is 2. The minimum atomic E-state index is -0.716. The Labute approximate surface area is 146 Å². The Morgan fingerprint density at radius 2 is 1.50 bits per heavy atom. The van der Waals surface area contributed by atoms with E-state index in [9.17, 15) is 19.8 Å². The lowest BCUT2D eigenvalue weighted by Crippen LogP contribution is -2.47. The van der Waals surface area contributed by atoms with Crippen molar-refractivity contribution >= 4 is 11.9 Å². The number of hydrogen-bond donors (Lipinski definition) is 2. The molecule has 0 heterocycles. The van der Waals surface area contributed by atoms with Gasteiger partial charge in [-0.25, -0.2) is 0 Å². The zero-order valence-corrected chi connectivity index (χ0v) is 15.2. The predicted octanol–water partition coefficient (Wildman–Crippen LogP) is 4.82. The van der Waals surface area contributed by atoms with Crippen LogP contribution in [0.25, 0.3) is 0 Å². The van der Waals surface area contributed by atoms with E-state index in [1.165, 1.54) is 6.42 Å². The van der Waals surface area contributed by atoms with Gasteiger partial charge in [-0.15, -0.1) is 0 Å². The second-order valence-electron chi connectivity index (χ2n) is 8.09. The van der Waals surface area contributed by atoms with Crippen molar-refractivity contribution in [1.29, 1.82) is 0 Å². The summed E-state index contributed by atoms with van der Waals surface area (Å²) in [6, 6.07) is 0. The first-order valence-corrected chi connectivity index (χ1v) is 9.95. The van der Waals surface area contributed by atoms with Crippen molar-refractivity contribution in [3.8, 4) is 0 Å². The van der Waals surface area contributed by atoms with Crippen LogP contribution in [-0.4, -0.2) is 22.2 Å². The fraction of sp³-hybridized carbons (Fsp3) is 0.900. The molecule has 6 atom stereocenters. The molecule has 0 aromatic heterocycles. The molecule has 2 rings (SSSR count). The number of carbonyl (C=O) groups is 2. The van der Waals surface area contributed by atoms with Gasteiger partial charge in [-0.2, -0.15) is 0 Å². The molecule has 2 saturated carbocycles. The number of fused-ring (bicyclic) bond motifs is 1. The molecule has 0 aromatic carbocycles. The Bertz CT molecular complexity index is 433. The van der Waals surface area contributed by atoms with Gasteiger partial charge in [0, 0.05) is 0 Å². The molecule has 24 heavy (non-hydrogen) atoms. The first kappa shape index (κ1) is 19.3. The molecule has 0 amide bonds. The topological polar surface area (TPSA) is 74.6 Å². The maximum absolute atomic E-state index is 12.0. The summed E-state index contributed by atoms with van der Waals surface area (Å²) in [5.41, 5.74) is 0. The summed E-state index contributed by atoms with van der Waals surface area (Å²) in [6.07, 6.45) is 9.88. The van der Waals surface area contributed by atoms with Crippen LogP contribution in [0.4, 0.5) is 0 Å². The average Bonchev–Trinajstić information content (AvgIpc) is 2.56. The van der Waals surface area contributed by atoms with E-state index in [0.717, 1.165) is 57.8 Å². The van der Waals surface area contributed by atoms with E-state index in [2.05, 4.69) is 13.8 Å². The van der Waals surface area contributed by atoms with Gasteiger partial charge in [-0.05, 0) is 55.8 Å². The molecule has 2 N–H and O–H groups in total. The summed E-state index contributed by atoms with van der Waals surface area (Å²) in [7, 11) is 0. The molecular formula is C20H34O4. The smallest absolute Gasteiger partial charge is 0.306 e. The van der Waals surface area contributed by atoms with Gasteiger partial charge in [0.15, 0.2) is 0 Å². The van der Waals surface area contributed by atoms with Crippen LogP contribution >= 0.6 is 0 Å². The molecule has 4 heteroatoms. The lowest BCUT2D eigenvalue weighted by atomic mass is 9.54. The molecule has 138 valence electrons. The Balaban J connectivity index is 2.21. The van der Waals surface area contributed by atoms with Crippen LogP contribution in [0.2, 0.25) is 0 Å². The largest absolute Gasteiger partial charge is 0.481 e. The summed E-state index contributed by atoms with van der Waals surface area (Å²) in [4.78, 5) is 23.7. The van der Waals surface area contributed by atoms with Crippen LogP contribution < -0.4 is 0 Å². The van der Waals surface area contributed by atoms with Crippen molar-refractivity contribution in [2.24, 2.45) is 35.5 Å². The zero-order valence-electron chi connectivity index (χ0n) is 15.2. The van der Waals surface area contributed by atoms with Crippen molar-refractivity contribution in [2.75, 3.05) is 0 Å². The summed E-state index contributed by atoms with van der Waals surface area (Å²) in [5, 5.41) is 19.5. The Morgan fingerprint density at radius 3 is 2.08 bits per heavy atom. The standard InChI is InChI=1S/C20H34O4/c1-3-5-7-13-11-14-9-10-16(19(21)22)15(8-6-4-2)18(14)17(12-13)20(23)24/h13-18H,3-12H2,1-2H3,(H,21,22)(H,23,24). The van der Waals surface area contributed by atoms with E-state index in [1.54, 1.807) is 0 Å². The third-order valence-corrected chi connectivity index (χ3v) is 6.58. The normalized spacial score (nSPS) is 36.1. The summed E-state index contributed by atoms with van der Waals surface area (Å²) in [5.74, 6) is -1.04. The molecule has 0 saturated heterocycles. The van der Waals surface area contributed by atoms with E-state index in [0.29, 0.717) is 11.8 Å². The molecule has 0 aliphatic heterocycles. The maximum atomic E-state index is 12.0. The van der Waals surface area contributed by atoms with Crippen molar-refractivity contribution in [1.82, 2.24) is 0 Å². The second-order valence-corrected chi connectivity index (χ2v) is 8.09. The first-order chi connectivity index (χ1) is 11.5. The molecule has 2 aliphatic carbocycles. The van der Waals surface area contributed by atoms with Crippen LogP contribution in [0.15, 0.2) is 0 Å². The van der Waals surface area contributed by atoms with E-state index in [4.69, 9.17) is 0 Å². The molecule has 0 bridgehead atoms. The maximum Gasteiger partial charge on any atom is 0.306 e. The number of unbranched alkanes of at least 4 members (excludes halogenated alkanes) is 2. The van der Waals surface area contributed by atoms with Crippen molar-refractivity contribution in [2.45, 2.75) is 78.1 Å². The Hall–Kier alpha value is -1.06. The van der Waals surface area contributed by atoms with E-state index < -0.39 is 11.9 Å². The van der Waals surface area contributed by atoms with Gasteiger partial charge >= 0.3 is 11.9 Å².